The molecule has 1 aliphatic rings. The smallest absolute Gasteiger partial charge is 0.251 e. The Labute approximate surface area is 107 Å². The number of hydrogen-bond acceptors (Lipinski definition) is 2. The molecular formula is C14H20N2O2. The van der Waals surface area contributed by atoms with Crippen LogP contribution in [-0.2, 0) is 11.3 Å². The summed E-state index contributed by atoms with van der Waals surface area (Å²) in [4.78, 5) is 25.8. The summed E-state index contributed by atoms with van der Waals surface area (Å²) in [7, 11) is 0. The predicted molar refractivity (Wildman–Crippen MR) is 70.5 cm³/mol. The Hall–Kier alpha value is -1.58. The number of nitrogens with zero attached hydrogens (tertiary/aromatic N) is 2. The Kier molecular flexibility index (Phi) is 3.84. The van der Waals surface area contributed by atoms with E-state index in [0.717, 1.165) is 24.9 Å². The third-order valence-electron chi connectivity index (χ3n) is 3.58. The van der Waals surface area contributed by atoms with E-state index in [2.05, 4.69) is 6.92 Å². The highest BCUT2D eigenvalue weighted by Gasteiger charge is 2.23. The molecule has 0 radical (unpaired) electrons. The minimum Gasteiger partial charge on any atom is -0.338 e. The summed E-state index contributed by atoms with van der Waals surface area (Å²) in [5.41, 5.74) is 0.822. The molecule has 2 rings (SSSR count). The number of pyridine rings is 1. The van der Waals surface area contributed by atoms with Gasteiger partial charge in [-0.05, 0) is 44.7 Å². The lowest BCUT2D eigenvalue weighted by atomic mass is 10.0. The van der Waals surface area contributed by atoms with E-state index >= 15 is 0 Å². The number of aromatic nitrogens is 1. The third kappa shape index (κ3) is 2.81. The highest BCUT2D eigenvalue weighted by molar-refractivity contribution is 5.76. The highest BCUT2D eigenvalue weighted by atomic mass is 16.2. The second kappa shape index (κ2) is 5.38. The Morgan fingerprint density at radius 3 is 2.89 bits per heavy atom. The zero-order valence-corrected chi connectivity index (χ0v) is 11.1. The maximum absolute atomic E-state index is 12.2. The van der Waals surface area contributed by atoms with Crippen molar-refractivity contribution in [3.8, 4) is 0 Å². The first-order valence-electron chi connectivity index (χ1n) is 6.54. The number of rotatable bonds is 2. The van der Waals surface area contributed by atoms with Gasteiger partial charge in [-0.3, -0.25) is 9.59 Å². The van der Waals surface area contributed by atoms with Crippen LogP contribution < -0.4 is 5.56 Å². The topological polar surface area (TPSA) is 42.3 Å². The van der Waals surface area contributed by atoms with Gasteiger partial charge in [-0.25, -0.2) is 0 Å². The van der Waals surface area contributed by atoms with Gasteiger partial charge in [0.15, 0.2) is 0 Å². The number of carbonyl (C=O) groups is 1. The first-order chi connectivity index (χ1) is 8.58. The maximum Gasteiger partial charge on any atom is 0.251 e. The monoisotopic (exact) mass is 248 g/mol. The van der Waals surface area contributed by atoms with Gasteiger partial charge in [0.25, 0.3) is 5.56 Å². The van der Waals surface area contributed by atoms with Crippen LogP contribution in [0.5, 0.6) is 0 Å². The van der Waals surface area contributed by atoms with Crippen molar-refractivity contribution in [1.82, 2.24) is 9.47 Å². The molecule has 1 atom stereocenters. The van der Waals surface area contributed by atoms with Crippen molar-refractivity contribution in [2.24, 2.45) is 0 Å². The molecule has 0 aliphatic carbocycles. The molecule has 0 bridgehead atoms. The molecule has 1 amide bonds. The molecule has 4 heteroatoms. The number of amides is 1. The summed E-state index contributed by atoms with van der Waals surface area (Å²) in [6.45, 7) is 4.93. The summed E-state index contributed by atoms with van der Waals surface area (Å²) < 4.78 is 1.48. The Morgan fingerprint density at radius 2 is 2.22 bits per heavy atom. The summed E-state index contributed by atoms with van der Waals surface area (Å²) in [6.07, 6.45) is 5.02. The molecule has 0 N–H and O–H groups in total. The van der Waals surface area contributed by atoms with Gasteiger partial charge in [0, 0.05) is 24.8 Å². The Morgan fingerprint density at radius 1 is 1.44 bits per heavy atom. The lowest BCUT2D eigenvalue weighted by Crippen LogP contribution is -2.44. The lowest BCUT2D eigenvalue weighted by molar-refractivity contribution is -0.135. The second-order valence-electron chi connectivity index (χ2n) is 5.10. The molecule has 1 aliphatic heterocycles. The van der Waals surface area contributed by atoms with Gasteiger partial charge in [0.05, 0.1) is 0 Å². The normalized spacial score (nSPS) is 19.9. The van der Waals surface area contributed by atoms with Crippen LogP contribution in [0.2, 0.25) is 0 Å². The SMILES string of the molecule is Cc1ccn(CC(=O)N2CCCCC2C)c(=O)c1. The van der Waals surface area contributed by atoms with Gasteiger partial charge in [0.1, 0.15) is 6.54 Å². The first kappa shape index (κ1) is 12.9. The van der Waals surface area contributed by atoms with Crippen molar-refractivity contribution in [1.29, 1.82) is 0 Å². The van der Waals surface area contributed by atoms with E-state index in [-0.39, 0.29) is 18.0 Å². The van der Waals surface area contributed by atoms with Crippen LogP contribution in [0.1, 0.15) is 31.7 Å². The largest absolute Gasteiger partial charge is 0.338 e. The van der Waals surface area contributed by atoms with E-state index in [4.69, 9.17) is 0 Å². The zero-order chi connectivity index (χ0) is 13.1. The number of aryl methyl sites for hydroxylation is 1. The summed E-state index contributed by atoms with van der Waals surface area (Å²) >= 11 is 0. The second-order valence-corrected chi connectivity index (χ2v) is 5.10. The van der Waals surface area contributed by atoms with Crippen LogP contribution >= 0.6 is 0 Å². The molecule has 1 unspecified atom stereocenters. The molecule has 1 fully saturated rings. The molecule has 1 saturated heterocycles. The van der Waals surface area contributed by atoms with Crippen molar-refractivity contribution in [2.75, 3.05) is 6.54 Å². The van der Waals surface area contributed by atoms with E-state index in [1.807, 2.05) is 17.9 Å². The van der Waals surface area contributed by atoms with Gasteiger partial charge in [-0.1, -0.05) is 0 Å². The van der Waals surface area contributed by atoms with Crippen LogP contribution in [0, 0.1) is 6.92 Å². The molecule has 0 aromatic carbocycles. The van der Waals surface area contributed by atoms with Gasteiger partial charge in [0.2, 0.25) is 5.91 Å². The van der Waals surface area contributed by atoms with Crippen LogP contribution in [0.4, 0.5) is 0 Å². The zero-order valence-electron chi connectivity index (χ0n) is 11.1. The summed E-state index contributed by atoms with van der Waals surface area (Å²) in [5, 5.41) is 0. The fourth-order valence-corrected chi connectivity index (χ4v) is 2.44. The van der Waals surface area contributed by atoms with E-state index in [1.54, 1.807) is 12.3 Å². The number of piperidine rings is 1. The van der Waals surface area contributed by atoms with Gasteiger partial charge < -0.3 is 9.47 Å². The van der Waals surface area contributed by atoms with Crippen LogP contribution in [-0.4, -0.2) is 28.0 Å². The maximum atomic E-state index is 12.2. The van der Waals surface area contributed by atoms with Crippen molar-refractivity contribution in [3.05, 3.63) is 34.2 Å². The molecule has 0 spiro atoms. The average Bonchev–Trinajstić information content (AvgIpc) is 2.33. The molecule has 1 aromatic heterocycles. The van der Waals surface area contributed by atoms with Crippen molar-refractivity contribution >= 4 is 5.91 Å². The van der Waals surface area contributed by atoms with E-state index < -0.39 is 0 Å². The fourth-order valence-electron chi connectivity index (χ4n) is 2.44. The fraction of sp³-hybridized carbons (Fsp3) is 0.571. The standard InChI is InChI=1S/C14H20N2O2/c1-11-6-8-15(13(17)9-11)10-14(18)16-7-4-3-5-12(16)2/h6,8-9,12H,3-5,7,10H2,1-2H3. The number of hydrogen-bond donors (Lipinski definition) is 0. The van der Waals surface area contributed by atoms with Crippen molar-refractivity contribution in [2.45, 2.75) is 45.7 Å². The lowest BCUT2D eigenvalue weighted by Gasteiger charge is -2.33. The van der Waals surface area contributed by atoms with Gasteiger partial charge >= 0.3 is 0 Å². The quantitative estimate of drug-likeness (QED) is 0.797. The average molecular weight is 248 g/mol. The van der Waals surface area contributed by atoms with Crippen LogP contribution in [0.15, 0.2) is 23.1 Å². The summed E-state index contributed by atoms with van der Waals surface area (Å²) in [5.74, 6) is 0.0492. The molecule has 0 saturated carbocycles. The molecule has 18 heavy (non-hydrogen) atoms. The molecule has 1 aromatic rings. The Bertz CT molecular complexity index is 493. The van der Waals surface area contributed by atoms with Crippen molar-refractivity contribution < 1.29 is 4.79 Å². The minimum absolute atomic E-state index is 0.0492. The summed E-state index contributed by atoms with van der Waals surface area (Å²) in [6, 6.07) is 3.72. The van der Waals surface area contributed by atoms with E-state index in [9.17, 15) is 9.59 Å². The molecule has 2 heterocycles. The first-order valence-corrected chi connectivity index (χ1v) is 6.54. The minimum atomic E-state index is -0.104. The molecule has 98 valence electrons. The highest BCUT2D eigenvalue weighted by Crippen LogP contribution is 2.16. The predicted octanol–water partition coefficient (Wildman–Crippen LogP) is 1.56. The van der Waals surface area contributed by atoms with Crippen LogP contribution in [0.3, 0.4) is 0 Å². The van der Waals surface area contributed by atoms with Crippen molar-refractivity contribution in [3.63, 3.8) is 0 Å². The van der Waals surface area contributed by atoms with E-state index in [0.29, 0.717) is 6.04 Å². The van der Waals surface area contributed by atoms with Gasteiger partial charge in [-0.15, -0.1) is 0 Å². The van der Waals surface area contributed by atoms with Gasteiger partial charge in [-0.2, -0.15) is 0 Å². The van der Waals surface area contributed by atoms with E-state index in [1.165, 1.54) is 11.0 Å². The number of likely N-dealkylation sites (tertiary alicyclic amines) is 1. The molecule has 4 nitrogen and oxygen atoms in total. The number of carbonyl (C=O) groups excluding carboxylic acids is 1. The molecular weight excluding hydrogens is 228 g/mol. The third-order valence-corrected chi connectivity index (χ3v) is 3.58. The Balaban J connectivity index is 2.08. The van der Waals surface area contributed by atoms with Crippen LogP contribution in [0.25, 0.3) is 0 Å².